The fourth-order valence-corrected chi connectivity index (χ4v) is 2.71. The van der Waals surface area contributed by atoms with E-state index in [9.17, 15) is 9.59 Å². The first-order chi connectivity index (χ1) is 11.2. The van der Waals surface area contributed by atoms with E-state index < -0.39 is 11.5 Å². The van der Waals surface area contributed by atoms with E-state index >= 15 is 0 Å². The fraction of sp³-hybridized carbons (Fsp3) is 0.158. The van der Waals surface area contributed by atoms with Crippen LogP contribution in [0.25, 0.3) is 10.9 Å². The van der Waals surface area contributed by atoms with Gasteiger partial charge in [0.05, 0.1) is 6.61 Å². The minimum atomic E-state index is -0.578. The van der Waals surface area contributed by atoms with E-state index in [1.807, 2.05) is 54.6 Å². The van der Waals surface area contributed by atoms with Crippen molar-refractivity contribution in [1.82, 2.24) is 4.98 Å². The van der Waals surface area contributed by atoms with Crippen LogP contribution >= 0.6 is 0 Å². The molecule has 23 heavy (non-hydrogen) atoms. The standard InChI is InChI=1S/C19H17NO3/c1-2-23-19(22)17-15(12-13-8-4-3-5-9-13)14-10-6-7-11-16(14)20-18(17)21/h3-11H,2,12H2,1H3,(H,20,21). The molecule has 0 saturated heterocycles. The molecule has 0 amide bonds. The van der Waals surface area contributed by atoms with Gasteiger partial charge in [-0.25, -0.2) is 4.79 Å². The normalized spacial score (nSPS) is 10.7. The van der Waals surface area contributed by atoms with Crippen LogP contribution in [0.15, 0.2) is 59.4 Å². The maximum absolute atomic E-state index is 12.4. The molecular weight excluding hydrogens is 290 g/mol. The number of ether oxygens (including phenoxy) is 1. The van der Waals surface area contributed by atoms with Gasteiger partial charge in [0.25, 0.3) is 5.56 Å². The third-order valence-electron chi connectivity index (χ3n) is 3.73. The molecule has 0 spiro atoms. The first kappa shape index (κ1) is 15.0. The molecule has 2 aromatic carbocycles. The largest absolute Gasteiger partial charge is 0.462 e. The number of esters is 1. The van der Waals surface area contributed by atoms with Crippen LogP contribution in [-0.2, 0) is 11.2 Å². The topological polar surface area (TPSA) is 59.2 Å². The Balaban J connectivity index is 2.24. The maximum Gasteiger partial charge on any atom is 0.344 e. The molecule has 1 aromatic heterocycles. The Morgan fingerprint density at radius 2 is 1.74 bits per heavy atom. The molecule has 3 rings (SSSR count). The van der Waals surface area contributed by atoms with Crippen molar-refractivity contribution in [3.05, 3.63) is 81.6 Å². The smallest absolute Gasteiger partial charge is 0.344 e. The zero-order valence-corrected chi connectivity index (χ0v) is 12.8. The van der Waals surface area contributed by atoms with E-state index in [-0.39, 0.29) is 12.2 Å². The molecule has 1 N–H and O–H groups in total. The lowest BCUT2D eigenvalue weighted by Crippen LogP contribution is -2.23. The highest BCUT2D eigenvalue weighted by atomic mass is 16.5. The van der Waals surface area contributed by atoms with Gasteiger partial charge in [-0.3, -0.25) is 4.79 Å². The number of aromatic nitrogens is 1. The lowest BCUT2D eigenvalue weighted by molar-refractivity contribution is 0.0523. The molecule has 3 aromatic rings. The molecule has 4 heteroatoms. The third-order valence-corrected chi connectivity index (χ3v) is 3.73. The predicted molar refractivity (Wildman–Crippen MR) is 89.8 cm³/mol. The first-order valence-electron chi connectivity index (χ1n) is 7.55. The summed E-state index contributed by atoms with van der Waals surface area (Å²) >= 11 is 0. The van der Waals surface area contributed by atoms with Crippen LogP contribution in [0.4, 0.5) is 0 Å². The SMILES string of the molecule is CCOC(=O)c1c(Cc2ccccc2)c2ccccc2[nH]c1=O. The van der Waals surface area contributed by atoms with E-state index in [1.165, 1.54) is 0 Å². The lowest BCUT2D eigenvalue weighted by atomic mass is 9.96. The van der Waals surface area contributed by atoms with Crippen molar-refractivity contribution >= 4 is 16.9 Å². The Labute approximate surface area is 133 Å². The molecule has 0 aliphatic carbocycles. The van der Waals surface area contributed by atoms with E-state index in [2.05, 4.69) is 4.98 Å². The Morgan fingerprint density at radius 1 is 1.04 bits per heavy atom. The van der Waals surface area contributed by atoms with Gasteiger partial charge in [-0.15, -0.1) is 0 Å². The van der Waals surface area contributed by atoms with E-state index in [4.69, 9.17) is 4.74 Å². The van der Waals surface area contributed by atoms with Crippen molar-refractivity contribution < 1.29 is 9.53 Å². The predicted octanol–water partition coefficient (Wildman–Crippen LogP) is 3.30. The summed E-state index contributed by atoms with van der Waals surface area (Å²) in [6.45, 7) is 1.96. The summed E-state index contributed by atoms with van der Waals surface area (Å²) in [5, 5.41) is 0.860. The Kier molecular flexibility index (Phi) is 4.24. The number of benzene rings is 2. The fourth-order valence-electron chi connectivity index (χ4n) is 2.71. The molecule has 116 valence electrons. The molecule has 0 bridgehead atoms. The second-order valence-corrected chi connectivity index (χ2v) is 5.24. The monoisotopic (exact) mass is 307 g/mol. The minimum Gasteiger partial charge on any atom is -0.462 e. The Morgan fingerprint density at radius 3 is 2.48 bits per heavy atom. The van der Waals surface area contributed by atoms with Gasteiger partial charge >= 0.3 is 5.97 Å². The summed E-state index contributed by atoms with van der Waals surface area (Å²) in [5.74, 6) is -0.578. The van der Waals surface area contributed by atoms with Crippen LogP contribution in [0.1, 0.15) is 28.4 Å². The average molecular weight is 307 g/mol. The van der Waals surface area contributed by atoms with Crippen LogP contribution in [-0.4, -0.2) is 17.6 Å². The number of H-pyrrole nitrogens is 1. The van der Waals surface area contributed by atoms with Gasteiger partial charge < -0.3 is 9.72 Å². The number of rotatable bonds is 4. The van der Waals surface area contributed by atoms with E-state index in [1.54, 1.807) is 6.92 Å². The number of carbonyl (C=O) groups is 1. The number of para-hydroxylation sites is 1. The number of nitrogens with one attached hydrogen (secondary N) is 1. The highest BCUT2D eigenvalue weighted by Crippen LogP contribution is 2.22. The zero-order chi connectivity index (χ0) is 16.2. The number of pyridine rings is 1. The van der Waals surface area contributed by atoms with Crippen molar-refractivity contribution in [2.75, 3.05) is 6.61 Å². The van der Waals surface area contributed by atoms with E-state index in [0.29, 0.717) is 12.0 Å². The van der Waals surface area contributed by atoms with Gasteiger partial charge in [-0.2, -0.15) is 0 Å². The minimum absolute atomic E-state index is 0.0920. The molecule has 0 fully saturated rings. The number of hydrogen-bond donors (Lipinski definition) is 1. The number of carbonyl (C=O) groups excluding carboxylic acids is 1. The van der Waals surface area contributed by atoms with Gasteiger partial charge in [0, 0.05) is 10.9 Å². The molecule has 0 aliphatic rings. The highest BCUT2D eigenvalue weighted by molar-refractivity contribution is 5.97. The number of hydrogen-bond acceptors (Lipinski definition) is 3. The van der Waals surface area contributed by atoms with Crippen molar-refractivity contribution in [3.8, 4) is 0 Å². The second-order valence-electron chi connectivity index (χ2n) is 5.24. The van der Waals surface area contributed by atoms with Gasteiger partial charge in [-0.1, -0.05) is 48.5 Å². The highest BCUT2D eigenvalue weighted by Gasteiger charge is 2.20. The maximum atomic E-state index is 12.4. The van der Waals surface area contributed by atoms with Crippen LogP contribution in [0.5, 0.6) is 0 Å². The molecule has 0 atom stereocenters. The lowest BCUT2D eigenvalue weighted by Gasteiger charge is -2.12. The molecule has 0 aliphatic heterocycles. The van der Waals surface area contributed by atoms with Gasteiger partial charge in [0.15, 0.2) is 0 Å². The molecule has 0 unspecified atom stereocenters. The summed E-state index contributed by atoms with van der Waals surface area (Å²) < 4.78 is 5.08. The van der Waals surface area contributed by atoms with Crippen LogP contribution in [0.3, 0.4) is 0 Å². The van der Waals surface area contributed by atoms with Gasteiger partial charge in [-0.05, 0) is 30.5 Å². The molecule has 0 saturated carbocycles. The number of aromatic amines is 1. The summed E-state index contributed by atoms with van der Waals surface area (Å²) in [5.41, 5.74) is 2.14. The second kappa shape index (κ2) is 6.48. The summed E-state index contributed by atoms with van der Waals surface area (Å²) in [7, 11) is 0. The molecule has 4 nitrogen and oxygen atoms in total. The molecular formula is C19H17NO3. The summed E-state index contributed by atoms with van der Waals surface area (Å²) in [4.78, 5) is 27.4. The van der Waals surface area contributed by atoms with Crippen molar-refractivity contribution in [1.29, 1.82) is 0 Å². The van der Waals surface area contributed by atoms with Gasteiger partial charge in [0.1, 0.15) is 5.56 Å². The van der Waals surface area contributed by atoms with Crippen LogP contribution in [0.2, 0.25) is 0 Å². The first-order valence-corrected chi connectivity index (χ1v) is 7.55. The van der Waals surface area contributed by atoms with Crippen molar-refractivity contribution in [2.24, 2.45) is 0 Å². The van der Waals surface area contributed by atoms with Crippen molar-refractivity contribution in [2.45, 2.75) is 13.3 Å². The summed E-state index contributed by atoms with van der Waals surface area (Å²) in [6, 6.07) is 17.3. The summed E-state index contributed by atoms with van der Waals surface area (Å²) in [6.07, 6.45) is 0.499. The molecule has 0 radical (unpaired) electrons. The van der Waals surface area contributed by atoms with E-state index in [0.717, 1.165) is 16.5 Å². The Hall–Kier alpha value is -2.88. The third kappa shape index (κ3) is 3.01. The van der Waals surface area contributed by atoms with Crippen LogP contribution < -0.4 is 5.56 Å². The number of fused-ring (bicyclic) bond motifs is 1. The quantitative estimate of drug-likeness (QED) is 0.752. The zero-order valence-electron chi connectivity index (χ0n) is 12.8. The average Bonchev–Trinajstić information content (AvgIpc) is 2.56. The van der Waals surface area contributed by atoms with Gasteiger partial charge in [0.2, 0.25) is 0 Å². The molecule has 1 heterocycles. The Bertz CT molecular complexity index is 897. The van der Waals surface area contributed by atoms with Crippen molar-refractivity contribution in [3.63, 3.8) is 0 Å². The van der Waals surface area contributed by atoms with Crippen LogP contribution in [0, 0.1) is 0 Å².